The molecule has 1 aliphatic rings. The lowest BCUT2D eigenvalue weighted by Gasteiger charge is -2.34. The molecule has 5 heteroatoms. The minimum absolute atomic E-state index is 0.118. The van der Waals surface area contributed by atoms with Crippen LogP contribution in [0, 0.1) is 11.8 Å². The van der Waals surface area contributed by atoms with Crippen LogP contribution in [0.1, 0.15) is 39.1 Å². The fourth-order valence-electron chi connectivity index (χ4n) is 4.01. The van der Waals surface area contributed by atoms with E-state index in [0.717, 1.165) is 4.47 Å². The Morgan fingerprint density at radius 3 is 2.13 bits per heavy atom. The Balaban J connectivity index is 1.82. The summed E-state index contributed by atoms with van der Waals surface area (Å²) < 4.78 is 6.30. The van der Waals surface area contributed by atoms with Crippen LogP contribution in [-0.4, -0.2) is 17.5 Å². The molecule has 0 bridgehead atoms. The first kappa shape index (κ1) is 20.2. The minimum Gasteiger partial charge on any atom is -0.426 e. The summed E-state index contributed by atoms with van der Waals surface area (Å²) in [7, 11) is 0. The Labute approximate surface area is 183 Å². The average molecular weight is 463 g/mol. The Kier molecular flexibility index (Phi) is 5.64. The summed E-state index contributed by atoms with van der Waals surface area (Å²) >= 11 is 3.46. The lowest BCUT2D eigenvalue weighted by Crippen LogP contribution is -2.41. The molecule has 0 saturated carbocycles. The number of carbonyl (C=O) groups is 3. The van der Waals surface area contributed by atoms with Crippen LogP contribution in [0.2, 0.25) is 0 Å². The van der Waals surface area contributed by atoms with Crippen molar-refractivity contribution in [2.75, 3.05) is 0 Å². The molecule has 3 unspecified atom stereocenters. The molecule has 0 spiro atoms. The van der Waals surface area contributed by atoms with E-state index >= 15 is 0 Å². The van der Waals surface area contributed by atoms with Crippen LogP contribution in [0.4, 0.5) is 0 Å². The van der Waals surface area contributed by atoms with Gasteiger partial charge in [-0.15, -0.1) is 0 Å². The number of ketones is 2. The molecule has 0 aliphatic carbocycles. The molecule has 0 N–H and O–H groups in total. The number of carbonyl (C=O) groups excluding carboxylic acids is 3. The molecular formula is C25H19BrO4. The van der Waals surface area contributed by atoms with Crippen molar-refractivity contribution in [1.29, 1.82) is 0 Å². The van der Waals surface area contributed by atoms with E-state index in [2.05, 4.69) is 15.9 Å². The van der Waals surface area contributed by atoms with Crippen LogP contribution in [0.15, 0.2) is 83.3 Å². The highest BCUT2D eigenvalue weighted by Crippen LogP contribution is 2.45. The van der Waals surface area contributed by atoms with E-state index in [1.165, 1.54) is 0 Å². The summed E-state index contributed by atoms with van der Waals surface area (Å²) in [4.78, 5) is 39.6. The number of hydrogen-bond donors (Lipinski definition) is 0. The summed E-state index contributed by atoms with van der Waals surface area (Å²) in [6.45, 7) is 1.77. The standard InChI is InChI=1S/C25H19BrO4/c1-15(23(27)16-8-4-2-5-9-16)21-19-14-18(26)12-13-20(19)30-25(29)22(21)24(28)17-10-6-3-7-11-17/h2-15,21-22H,1H3. The van der Waals surface area contributed by atoms with Crippen LogP contribution in [0.3, 0.4) is 0 Å². The predicted octanol–water partition coefficient (Wildman–Crippen LogP) is 5.47. The molecule has 30 heavy (non-hydrogen) atoms. The summed E-state index contributed by atoms with van der Waals surface area (Å²) in [5.41, 5.74) is 1.64. The van der Waals surface area contributed by atoms with Crippen LogP contribution in [0.25, 0.3) is 0 Å². The maximum Gasteiger partial charge on any atom is 0.322 e. The van der Waals surface area contributed by atoms with Gasteiger partial charge in [0.1, 0.15) is 11.7 Å². The normalized spacial score (nSPS) is 18.8. The van der Waals surface area contributed by atoms with Crippen LogP contribution in [-0.2, 0) is 4.79 Å². The lowest BCUT2D eigenvalue weighted by molar-refractivity contribution is -0.139. The van der Waals surface area contributed by atoms with Gasteiger partial charge in [-0.3, -0.25) is 14.4 Å². The molecule has 3 aromatic carbocycles. The van der Waals surface area contributed by atoms with Crippen molar-refractivity contribution < 1.29 is 19.1 Å². The molecule has 1 aliphatic heterocycles. The molecule has 0 saturated heterocycles. The van der Waals surface area contributed by atoms with Crippen LogP contribution >= 0.6 is 15.9 Å². The third-order valence-electron chi connectivity index (χ3n) is 5.51. The van der Waals surface area contributed by atoms with Gasteiger partial charge in [-0.25, -0.2) is 0 Å². The first-order valence-electron chi connectivity index (χ1n) is 9.67. The molecule has 4 nitrogen and oxygen atoms in total. The average Bonchev–Trinajstić information content (AvgIpc) is 2.78. The number of esters is 1. The highest BCUT2D eigenvalue weighted by Gasteiger charge is 2.47. The van der Waals surface area contributed by atoms with Crippen molar-refractivity contribution in [3.05, 3.63) is 100 Å². The van der Waals surface area contributed by atoms with Gasteiger partial charge >= 0.3 is 5.97 Å². The third-order valence-corrected chi connectivity index (χ3v) is 6.00. The topological polar surface area (TPSA) is 60.4 Å². The fraction of sp³-hybridized carbons (Fsp3) is 0.160. The molecule has 150 valence electrons. The molecule has 0 radical (unpaired) electrons. The van der Waals surface area contributed by atoms with Gasteiger partial charge < -0.3 is 4.74 Å². The van der Waals surface area contributed by atoms with Gasteiger partial charge in [0.2, 0.25) is 0 Å². The molecule has 3 aromatic rings. The van der Waals surface area contributed by atoms with Crippen molar-refractivity contribution in [2.24, 2.45) is 11.8 Å². The molecule has 0 amide bonds. The van der Waals surface area contributed by atoms with Gasteiger partial charge in [-0.05, 0) is 18.2 Å². The summed E-state index contributed by atoms with van der Waals surface area (Å²) in [5.74, 6) is -3.05. The Bertz CT molecular complexity index is 1110. The molecule has 1 heterocycles. The molecule has 4 rings (SSSR count). The van der Waals surface area contributed by atoms with Crippen molar-refractivity contribution >= 4 is 33.5 Å². The van der Waals surface area contributed by atoms with Crippen molar-refractivity contribution in [3.63, 3.8) is 0 Å². The maximum atomic E-state index is 13.4. The van der Waals surface area contributed by atoms with E-state index in [-0.39, 0.29) is 11.6 Å². The highest BCUT2D eigenvalue weighted by atomic mass is 79.9. The fourth-order valence-corrected chi connectivity index (χ4v) is 4.39. The van der Waals surface area contributed by atoms with Crippen molar-refractivity contribution in [1.82, 2.24) is 0 Å². The molecular weight excluding hydrogens is 444 g/mol. The maximum absolute atomic E-state index is 13.4. The Morgan fingerprint density at radius 1 is 0.900 bits per heavy atom. The van der Waals surface area contributed by atoms with Gasteiger partial charge in [-0.2, -0.15) is 0 Å². The Hall–Kier alpha value is -3.05. The number of benzene rings is 3. The highest BCUT2D eigenvalue weighted by molar-refractivity contribution is 9.10. The van der Waals surface area contributed by atoms with Gasteiger partial charge in [0.25, 0.3) is 0 Å². The summed E-state index contributed by atoms with van der Waals surface area (Å²) in [6, 6.07) is 22.9. The van der Waals surface area contributed by atoms with Gasteiger partial charge in [-0.1, -0.05) is 83.5 Å². The second-order valence-corrected chi connectivity index (χ2v) is 8.27. The van der Waals surface area contributed by atoms with Crippen molar-refractivity contribution in [2.45, 2.75) is 12.8 Å². The quantitative estimate of drug-likeness (QED) is 0.218. The molecule has 3 atom stereocenters. The van der Waals surface area contributed by atoms with Crippen LogP contribution in [0.5, 0.6) is 5.75 Å². The third kappa shape index (κ3) is 3.73. The lowest BCUT2D eigenvalue weighted by atomic mass is 9.71. The number of Topliss-reactive ketones (excluding diaryl/α,β-unsaturated/α-hetero) is 2. The van der Waals surface area contributed by atoms with E-state index in [1.807, 2.05) is 12.1 Å². The van der Waals surface area contributed by atoms with E-state index in [0.29, 0.717) is 22.4 Å². The number of halogens is 1. The molecule has 0 aromatic heterocycles. The first-order chi connectivity index (χ1) is 14.5. The zero-order valence-electron chi connectivity index (χ0n) is 16.2. The number of ether oxygens (including phenoxy) is 1. The first-order valence-corrected chi connectivity index (χ1v) is 10.5. The van der Waals surface area contributed by atoms with Gasteiger partial charge in [0.05, 0.1) is 0 Å². The van der Waals surface area contributed by atoms with Crippen LogP contribution < -0.4 is 4.74 Å². The summed E-state index contributed by atoms with van der Waals surface area (Å²) in [5, 5.41) is 0. The second-order valence-electron chi connectivity index (χ2n) is 7.36. The van der Waals surface area contributed by atoms with E-state index < -0.39 is 23.7 Å². The van der Waals surface area contributed by atoms with Gasteiger partial charge in [0.15, 0.2) is 11.6 Å². The van der Waals surface area contributed by atoms with E-state index in [1.54, 1.807) is 73.7 Å². The largest absolute Gasteiger partial charge is 0.426 e. The smallest absolute Gasteiger partial charge is 0.322 e. The van der Waals surface area contributed by atoms with Crippen molar-refractivity contribution in [3.8, 4) is 5.75 Å². The summed E-state index contributed by atoms with van der Waals surface area (Å²) in [6.07, 6.45) is 0. The predicted molar refractivity (Wildman–Crippen MR) is 117 cm³/mol. The monoisotopic (exact) mass is 462 g/mol. The minimum atomic E-state index is -1.10. The number of hydrogen-bond acceptors (Lipinski definition) is 4. The zero-order valence-corrected chi connectivity index (χ0v) is 17.8. The second kappa shape index (κ2) is 8.36. The Morgan fingerprint density at radius 2 is 1.50 bits per heavy atom. The number of rotatable bonds is 5. The van der Waals surface area contributed by atoms with E-state index in [4.69, 9.17) is 4.74 Å². The van der Waals surface area contributed by atoms with E-state index in [9.17, 15) is 14.4 Å². The molecule has 0 fully saturated rings. The number of fused-ring (bicyclic) bond motifs is 1. The van der Waals surface area contributed by atoms with Gasteiger partial charge in [0, 0.05) is 33.0 Å². The zero-order chi connectivity index (χ0) is 21.3. The SMILES string of the molecule is CC(C(=O)c1ccccc1)C1c2cc(Br)ccc2OC(=O)C1C(=O)c1ccccc1.